The highest BCUT2D eigenvalue weighted by atomic mass is 32.2. The zero-order chi connectivity index (χ0) is 22.4. The molecule has 0 radical (unpaired) electrons. The Bertz CT molecular complexity index is 1290. The van der Waals surface area contributed by atoms with Crippen molar-refractivity contribution < 1.29 is 4.79 Å². The summed E-state index contributed by atoms with van der Waals surface area (Å²) in [6.45, 7) is 4.20. The summed E-state index contributed by atoms with van der Waals surface area (Å²) in [5.41, 5.74) is 1.15. The molecule has 0 saturated heterocycles. The highest BCUT2D eigenvalue weighted by Crippen LogP contribution is 2.37. The normalized spacial score (nSPS) is 17.5. The molecule has 168 valence electrons. The Morgan fingerprint density at radius 3 is 2.78 bits per heavy atom. The number of amides is 1. The SMILES string of the molecule is Cc1nc2n(c(=O)c1C)C(CC(=O)NCCn1nc(-c3cccs3)n(C3CC3)c1=O)CS2. The van der Waals surface area contributed by atoms with Crippen LogP contribution >= 0.6 is 23.1 Å². The predicted molar refractivity (Wildman–Crippen MR) is 123 cm³/mol. The van der Waals surface area contributed by atoms with Crippen molar-refractivity contribution in [3.05, 3.63) is 49.6 Å². The van der Waals surface area contributed by atoms with Crippen LogP contribution in [0, 0.1) is 13.8 Å². The largest absolute Gasteiger partial charge is 0.354 e. The third-order valence-corrected chi connectivity index (χ3v) is 7.88. The average molecular weight is 473 g/mol. The van der Waals surface area contributed by atoms with Gasteiger partial charge in [0.25, 0.3) is 5.56 Å². The first kappa shape index (κ1) is 21.2. The first-order valence-electron chi connectivity index (χ1n) is 10.7. The molecule has 1 saturated carbocycles. The Hall–Kier alpha value is -2.66. The maximum atomic E-state index is 12.9. The lowest BCUT2D eigenvalue weighted by Crippen LogP contribution is -2.34. The van der Waals surface area contributed by atoms with Gasteiger partial charge < -0.3 is 5.32 Å². The minimum atomic E-state index is -0.212. The molecule has 9 nitrogen and oxygen atoms in total. The molecule has 1 fully saturated rings. The molecule has 1 atom stereocenters. The Morgan fingerprint density at radius 1 is 1.25 bits per heavy atom. The number of rotatable bonds is 7. The zero-order valence-corrected chi connectivity index (χ0v) is 19.5. The van der Waals surface area contributed by atoms with Gasteiger partial charge in [-0.3, -0.25) is 18.7 Å². The van der Waals surface area contributed by atoms with E-state index in [9.17, 15) is 14.4 Å². The quantitative estimate of drug-likeness (QED) is 0.529. The zero-order valence-electron chi connectivity index (χ0n) is 17.9. The van der Waals surface area contributed by atoms with E-state index >= 15 is 0 Å². The lowest BCUT2D eigenvalue weighted by Gasteiger charge is -2.14. The number of hydrogen-bond acceptors (Lipinski definition) is 7. The second-order valence-corrected chi connectivity index (χ2v) is 10.1. The summed E-state index contributed by atoms with van der Waals surface area (Å²) < 4.78 is 4.86. The van der Waals surface area contributed by atoms with Crippen LogP contribution in [0.4, 0.5) is 0 Å². The van der Waals surface area contributed by atoms with Crippen LogP contribution in [0.1, 0.15) is 42.6 Å². The second-order valence-electron chi connectivity index (χ2n) is 8.21. The predicted octanol–water partition coefficient (Wildman–Crippen LogP) is 2.14. The molecule has 11 heteroatoms. The summed E-state index contributed by atoms with van der Waals surface area (Å²) in [6.07, 6.45) is 2.19. The lowest BCUT2D eigenvalue weighted by molar-refractivity contribution is -0.121. The van der Waals surface area contributed by atoms with Gasteiger partial charge in [-0.2, -0.15) is 0 Å². The standard InChI is InChI=1S/C21H24N6O3S2/c1-12-13(2)23-20-27(19(12)29)15(11-32-20)10-17(28)22-7-8-25-21(30)26(14-5-6-14)18(24-25)16-4-3-9-31-16/h3-4,9,14-15H,5-8,10-11H2,1-2H3,(H,22,28). The number of fused-ring (bicyclic) bond motifs is 1. The van der Waals surface area contributed by atoms with Crippen molar-refractivity contribution in [1.29, 1.82) is 0 Å². The lowest BCUT2D eigenvalue weighted by atomic mass is 10.2. The molecule has 1 amide bonds. The van der Waals surface area contributed by atoms with E-state index in [1.165, 1.54) is 16.4 Å². The van der Waals surface area contributed by atoms with Gasteiger partial charge in [0.15, 0.2) is 11.0 Å². The van der Waals surface area contributed by atoms with Crippen LogP contribution in [0.2, 0.25) is 0 Å². The number of nitrogens with zero attached hydrogens (tertiary/aromatic N) is 5. The number of aromatic nitrogens is 5. The molecule has 3 aromatic heterocycles. The van der Waals surface area contributed by atoms with Crippen LogP contribution < -0.4 is 16.6 Å². The molecule has 3 aromatic rings. The van der Waals surface area contributed by atoms with Crippen molar-refractivity contribution in [3.63, 3.8) is 0 Å². The Kier molecular flexibility index (Phi) is 5.54. The van der Waals surface area contributed by atoms with Crippen LogP contribution in [0.25, 0.3) is 10.7 Å². The van der Waals surface area contributed by atoms with Crippen molar-refractivity contribution in [2.75, 3.05) is 12.3 Å². The van der Waals surface area contributed by atoms with Gasteiger partial charge >= 0.3 is 5.69 Å². The van der Waals surface area contributed by atoms with Gasteiger partial charge in [0.05, 0.1) is 17.5 Å². The van der Waals surface area contributed by atoms with Crippen molar-refractivity contribution >= 4 is 29.0 Å². The molecule has 1 aliphatic carbocycles. The molecule has 4 heterocycles. The van der Waals surface area contributed by atoms with Gasteiger partial charge in [0, 0.05) is 36.0 Å². The summed E-state index contributed by atoms with van der Waals surface area (Å²) in [4.78, 5) is 43.5. The second kappa shape index (κ2) is 8.36. The van der Waals surface area contributed by atoms with Crippen LogP contribution in [0.5, 0.6) is 0 Å². The van der Waals surface area contributed by atoms with Gasteiger partial charge in [0.2, 0.25) is 5.91 Å². The minimum Gasteiger partial charge on any atom is -0.354 e. The summed E-state index contributed by atoms with van der Waals surface area (Å²) in [6, 6.07) is 3.93. The summed E-state index contributed by atoms with van der Waals surface area (Å²) in [5.74, 6) is 1.20. The van der Waals surface area contributed by atoms with Gasteiger partial charge in [0.1, 0.15) is 0 Å². The number of aryl methyl sites for hydroxylation is 1. The number of thiophene rings is 1. The van der Waals surface area contributed by atoms with E-state index in [-0.39, 0.29) is 35.7 Å². The van der Waals surface area contributed by atoms with Crippen LogP contribution in [-0.4, -0.2) is 42.1 Å². The maximum absolute atomic E-state index is 12.9. The average Bonchev–Trinajstić information content (AvgIpc) is 3.16. The third-order valence-electron chi connectivity index (χ3n) is 5.91. The molecule has 1 aliphatic heterocycles. The van der Waals surface area contributed by atoms with Crippen LogP contribution in [-0.2, 0) is 11.3 Å². The number of carbonyl (C=O) groups excluding carboxylic acids is 1. The highest BCUT2D eigenvalue weighted by molar-refractivity contribution is 7.99. The summed E-state index contributed by atoms with van der Waals surface area (Å²) in [5, 5.41) is 10.1. The number of thioether (sulfide) groups is 1. The fourth-order valence-corrected chi connectivity index (χ4v) is 5.80. The summed E-state index contributed by atoms with van der Waals surface area (Å²) >= 11 is 3.06. The van der Waals surface area contributed by atoms with Gasteiger partial charge in [-0.25, -0.2) is 14.5 Å². The molecule has 2 aliphatic rings. The van der Waals surface area contributed by atoms with Crippen molar-refractivity contribution in [2.45, 2.75) is 56.9 Å². The summed E-state index contributed by atoms with van der Waals surface area (Å²) in [7, 11) is 0. The van der Waals surface area contributed by atoms with E-state index in [0.29, 0.717) is 35.4 Å². The van der Waals surface area contributed by atoms with Crippen LogP contribution in [0.3, 0.4) is 0 Å². The Balaban J connectivity index is 1.24. The first-order valence-corrected chi connectivity index (χ1v) is 12.5. The topological polar surface area (TPSA) is 104 Å². The molecular weight excluding hydrogens is 448 g/mol. The fraction of sp³-hybridized carbons (Fsp3) is 0.476. The van der Waals surface area contributed by atoms with E-state index in [0.717, 1.165) is 23.4 Å². The van der Waals surface area contributed by atoms with E-state index in [1.54, 1.807) is 27.4 Å². The molecule has 0 aromatic carbocycles. The molecule has 32 heavy (non-hydrogen) atoms. The highest BCUT2D eigenvalue weighted by Gasteiger charge is 2.31. The minimum absolute atomic E-state index is 0.0754. The van der Waals surface area contributed by atoms with Crippen molar-refractivity contribution in [3.8, 4) is 10.7 Å². The Labute approximate surface area is 192 Å². The molecular formula is C21H24N6O3S2. The smallest absolute Gasteiger partial charge is 0.346 e. The van der Waals surface area contributed by atoms with Crippen LogP contribution in [0.15, 0.2) is 32.3 Å². The van der Waals surface area contributed by atoms with Crippen molar-refractivity contribution in [1.82, 2.24) is 29.2 Å². The molecule has 1 unspecified atom stereocenters. The van der Waals surface area contributed by atoms with Gasteiger partial charge in [-0.1, -0.05) is 17.8 Å². The Morgan fingerprint density at radius 2 is 2.06 bits per heavy atom. The van der Waals surface area contributed by atoms with Gasteiger partial charge in [-0.05, 0) is 38.1 Å². The third kappa shape index (κ3) is 3.83. The van der Waals surface area contributed by atoms with E-state index in [4.69, 9.17) is 0 Å². The molecule has 0 spiro atoms. The molecule has 5 rings (SSSR count). The van der Waals surface area contributed by atoms with Gasteiger partial charge in [-0.15, -0.1) is 16.4 Å². The van der Waals surface area contributed by atoms with E-state index in [1.807, 2.05) is 24.4 Å². The van der Waals surface area contributed by atoms with E-state index < -0.39 is 0 Å². The number of hydrogen-bond donors (Lipinski definition) is 1. The maximum Gasteiger partial charge on any atom is 0.346 e. The van der Waals surface area contributed by atoms with Crippen molar-refractivity contribution in [2.24, 2.45) is 0 Å². The first-order chi connectivity index (χ1) is 15.4. The fourth-order valence-electron chi connectivity index (χ4n) is 3.91. The molecule has 0 bridgehead atoms. The molecule has 1 N–H and O–H groups in total. The monoisotopic (exact) mass is 472 g/mol. The number of nitrogens with one attached hydrogen (secondary N) is 1. The van der Waals surface area contributed by atoms with E-state index in [2.05, 4.69) is 15.4 Å². The number of carbonyl (C=O) groups is 1.